The highest BCUT2D eigenvalue weighted by Crippen LogP contribution is 2.44. The van der Waals surface area contributed by atoms with Crippen LogP contribution in [-0.4, -0.2) is 19.4 Å². The van der Waals surface area contributed by atoms with E-state index in [9.17, 15) is 8.42 Å². The molecule has 1 aromatic rings. The van der Waals surface area contributed by atoms with E-state index in [1.165, 1.54) is 12.8 Å². The minimum atomic E-state index is -3.50. The van der Waals surface area contributed by atoms with Crippen LogP contribution in [0.3, 0.4) is 0 Å². The molecule has 19 heavy (non-hydrogen) atoms. The number of hydrogen-bond donors (Lipinski definition) is 2. The standard InChI is InChI=1S/C13H19N3O2S/c14-8-12-13(2-1-5-15-12)19(17,18)16-11-7-9-3-4-10(11)6-9/h1-2,5,9-11,16H,3-4,6-8,14H2. The fraction of sp³-hybridized carbons (Fsp3) is 0.615. The summed E-state index contributed by atoms with van der Waals surface area (Å²) in [4.78, 5) is 4.26. The van der Waals surface area contributed by atoms with Crippen LogP contribution in [-0.2, 0) is 16.6 Å². The largest absolute Gasteiger partial charge is 0.325 e. The molecule has 0 spiro atoms. The van der Waals surface area contributed by atoms with Crippen LogP contribution in [0.4, 0.5) is 0 Å². The Bertz CT molecular complexity index is 573. The van der Waals surface area contributed by atoms with Gasteiger partial charge in [-0.2, -0.15) is 0 Å². The van der Waals surface area contributed by atoms with Crippen molar-refractivity contribution in [2.75, 3.05) is 0 Å². The summed E-state index contributed by atoms with van der Waals surface area (Å²) in [5.41, 5.74) is 5.99. The lowest BCUT2D eigenvalue weighted by Crippen LogP contribution is -2.39. The quantitative estimate of drug-likeness (QED) is 0.862. The van der Waals surface area contributed by atoms with Gasteiger partial charge in [0.25, 0.3) is 0 Å². The first kappa shape index (κ1) is 13.0. The minimum absolute atomic E-state index is 0.0922. The van der Waals surface area contributed by atoms with Gasteiger partial charge in [-0.25, -0.2) is 13.1 Å². The highest BCUT2D eigenvalue weighted by molar-refractivity contribution is 7.89. The van der Waals surface area contributed by atoms with Crippen LogP contribution >= 0.6 is 0 Å². The molecular weight excluding hydrogens is 262 g/mol. The molecule has 3 atom stereocenters. The molecule has 3 N–H and O–H groups in total. The van der Waals surface area contributed by atoms with Gasteiger partial charge < -0.3 is 5.73 Å². The van der Waals surface area contributed by atoms with Crippen LogP contribution in [0.2, 0.25) is 0 Å². The lowest BCUT2D eigenvalue weighted by molar-refractivity contribution is 0.390. The zero-order valence-electron chi connectivity index (χ0n) is 10.7. The van der Waals surface area contributed by atoms with Gasteiger partial charge in [-0.1, -0.05) is 6.42 Å². The first-order valence-corrected chi connectivity index (χ1v) is 8.25. The molecule has 2 saturated carbocycles. The number of nitrogens with zero attached hydrogens (tertiary/aromatic N) is 1. The van der Waals surface area contributed by atoms with Gasteiger partial charge in [0.2, 0.25) is 10.0 Å². The maximum Gasteiger partial charge on any atom is 0.242 e. The minimum Gasteiger partial charge on any atom is -0.325 e. The monoisotopic (exact) mass is 281 g/mol. The molecule has 5 nitrogen and oxygen atoms in total. The molecule has 1 heterocycles. The maximum absolute atomic E-state index is 12.4. The Balaban J connectivity index is 1.83. The predicted molar refractivity (Wildman–Crippen MR) is 71.7 cm³/mol. The zero-order valence-corrected chi connectivity index (χ0v) is 11.6. The van der Waals surface area contributed by atoms with E-state index < -0.39 is 10.0 Å². The highest BCUT2D eigenvalue weighted by atomic mass is 32.2. The van der Waals surface area contributed by atoms with Crippen molar-refractivity contribution in [1.82, 2.24) is 9.71 Å². The Morgan fingerprint density at radius 3 is 2.84 bits per heavy atom. The number of nitrogens with one attached hydrogen (secondary N) is 1. The summed E-state index contributed by atoms with van der Waals surface area (Å²) < 4.78 is 27.7. The van der Waals surface area contributed by atoms with Crippen molar-refractivity contribution in [3.8, 4) is 0 Å². The topological polar surface area (TPSA) is 85.1 Å². The molecule has 0 saturated heterocycles. The molecule has 1 aromatic heterocycles. The van der Waals surface area contributed by atoms with Crippen molar-refractivity contribution in [1.29, 1.82) is 0 Å². The summed E-state index contributed by atoms with van der Waals surface area (Å²) in [5, 5.41) is 0. The molecule has 0 aliphatic heterocycles. The lowest BCUT2D eigenvalue weighted by Gasteiger charge is -2.23. The summed E-state index contributed by atoms with van der Waals surface area (Å²) >= 11 is 0. The van der Waals surface area contributed by atoms with Gasteiger partial charge in [0.05, 0.1) is 5.69 Å². The zero-order chi connectivity index (χ0) is 13.5. The van der Waals surface area contributed by atoms with Gasteiger partial charge >= 0.3 is 0 Å². The number of aromatic nitrogens is 1. The second-order valence-corrected chi connectivity index (χ2v) is 7.24. The average molecular weight is 281 g/mol. The van der Waals surface area contributed by atoms with E-state index in [0.717, 1.165) is 12.8 Å². The Labute approximate surface area is 113 Å². The number of nitrogens with two attached hydrogens (primary N) is 1. The SMILES string of the molecule is NCc1ncccc1S(=O)(=O)NC1CC2CCC1C2. The third-order valence-electron chi connectivity index (χ3n) is 4.38. The van der Waals surface area contributed by atoms with E-state index in [2.05, 4.69) is 9.71 Å². The van der Waals surface area contributed by atoms with E-state index in [4.69, 9.17) is 5.73 Å². The summed E-state index contributed by atoms with van der Waals surface area (Å²) in [7, 11) is -3.50. The van der Waals surface area contributed by atoms with E-state index >= 15 is 0 Å². The average Bonchev–Trinajstić information content (AvgIpc) is 3.00. The Morgan fingerprint density at radius 1 is 1.37 bits per heavy atom. The Kier molecular flexibility index (Phi) is 3.32. The molecular formula is C13H19N3O2S. The Hall–Kier alpha value is -0.980. The molecule has 0 aromatic carbocycles. The number of pyridine rings is 1. The third kappa shape index (κ3) is 2.40. The van der Waals surface area contributed by atoms with Crippen molar-refractivity contribution in [3.05, 3.63) is 24.0 Å². The number of sulfonamides is 1. The number of fused-ring (bicyclic) bond motifs is 2. The predicted octanol–water partition coefficient (Wildman–Crippen LogP) is 1.01. The molecule has 104 valence electrons. The number of rotatable bonds is 4. The van der Waals surface area contributed by atoms with Crippen molar-refractivity contribution in [2.45, 2.75) is 43.2 Å². The highest BCUT2D eigenvalue weighted by Gasteiger charge is 2.41. The van der Waals surface area contributed by atoms with Crippen molar-refractivity contribution in [3.63, 3.8) is 0 Å². The maximum atomic E-state index is 12.4. The van der Waals surface area contributed by atoms with Crippen LogP contribution in [0, 0.1) is 11.8 Å². The van der Waals surface area contributed by atoms with E-state index in [1.807, 2.05) is 0 Å². The molecule has 0 amide bonds. The fourth-order valence-electron chi connectivity index (χ4n) is 3.47. The van der Waals surface area contributed by atoms with Crippen molar-refractivity contribution >= 4 is 10.0 Å². The first-order valence-electron chi connectivity index (χ1n) is 6.76. The van der Waals surface area contributed by atoms with Crippen LogP contribution in [0.1, 0.15) is 31.4 Å². The molecule has 2 bridgehead atoms. The van der Waals surface area contributed by atoms with Crippen LogP contribution in [0.15, 0.2) is 23.2 Å². The van der Waals surface area contributed by atoms with Gasteiger partial charge in [-0.3, -0.25) is 4.98 Å². The Morgan fingerprint density at radius 2 is 2.21 bits per heavy atom. The fourth-order valence-corrected chi connectivity index (χ4v) is 4.99. The summed E-state index contributed by atoms with van der Waals surface area (Å²) in [6.45, 7) is 0.133. The van der Waals surface area contributed by atoms with Gasteiger partial charge in [-0.15, -0.1) is 0 Å². The van der Waals surface area contributed by atoms with Gasteiger partial charge in [0, 0.05) is 18.8 Å². The van der Waals surface area contributed by atoms with Crippen LogP contribution < -0.4 is 10.5 Å². The molecule has 3 rings (SSSR count). The number of hydrogen-bond acceptors (Lipinski definition) is 4. The summed E-state index contributed by atoms with van der Waals surface area (Å²) in [6, 6.07) is 3.30. The van der Waals surface area contributed by atoms with Crippen molar-refractivity contribution < 1.29 is 8.42 Å². The normalized spacial score (nSPS) is 29.8. The van der Waals surface area contributed by atoms with E-state index in [1.54, 1.807) is 18.3 Å². The molecule has 2 fully saturated rings. The molecule has 3 unspecified atom stereocenters. The molecule has 2 aliphatic rings. The van der Waals surface area contributed by atoms with Gasteiger partial charge in [0.1, 0.15) is 4.90 Å². The smallest absolute Gasteiger partial charge is 0.242 e. The molecule has 6 heteroatoms. The lowest BCUT2D eigenvalue weighted by atomic mass is 9.96. The van der Waals surface area contributed by atoms with Crippen LogP contribution in [0.25, 0.3) is 0 Å². The van der Waals surface area contributed by atoms with Gasteiger partial charge in [0.15, 0.2) is 0 Å². The third-order valence-corrected chi connectivity index (χ3v) is 5.94. The van der Waals surface area contributed by atoms with Gasteiger partial charge in [-0.05, 0) is 43.2 Å². The molecule has 0 radical (unpaired) electrons. The van der Waals surface area contributed by atoms with Crippen molar-refractivity contribution in [2.24, 2.45) is 17.6 Å². The summed E-state index contributed by atoms with van der Waals surface area (Å²) in [6.07, 6.45) is 6.11. The van der Waals surface area contributed by atoms with Crippen LogP contribution in [0.5, 0.6) is 0 Å². The van der Waals surface area contributed by atoms with E-state index in [-0.39, 0.29) is 17.5 Å². The second kappa shape index (κ2) is 4.85. The first-order chi connectivity index (χ1) is 9.10. The van der Waals surface area contributed by atoms with E-state index in [0.29, 0.717) is 17.5 Å². The molecule has 2 aliphatic carbocycles. The summed E-state index contributed by atoms with van der Waals surface area (Å²) in [5.74, 6) is 1.22. The second-order valence-electron chi connectivity index (χ2n) is 5.55.